The van der Waals surface area contributed by atoms with Gasteiger partial charge in [-0.2, -0.15) is 0 Å². The van der Waals surface area contributed by atoms with E-state index in [0.29, 0.717) is 17.9 Å². The van der Waals surface area contributed by atoms with Gasteiger partial charge in [-0.15, -0.1) is 0 Å². The average Bonchev–Trinajstić information content (AvgIpc) is 3.08. The molecule has 1 atom stereocenters. The number of nitrogens with two attached hydrogens (primary N) is 1. The molecule has 2 rings (SSSR count). The van der Waals surface area contributed by atoms with Crippen LogP contribution in [0.4, 0.5) is 0 Å². The Morgan fingerprint density at radius 3 is 2.06 bits per heavy atom. The number of hydrogen-bond acceptors (Lipinski definition) is 2. The molecule has 2 aliphatic rings. The molecule has 2 saturated carbocycles. The Hall–Kier alpha value is -0.0800. The van der Waals surface area contributed by atoms with Gasteiger partial charge in [-0.1, -0.05) is 20.8 Å². The van der Waals surface area contributed by atoms with Gasteiger partial charge < -0.3 is 10.8 Å². The zero-order chi connectivity index (χ0) is 12.7. The molecule has 0 bridgehead atoms. The zero-order valence-corrected chi connectivity index (χ0v) is 11.7. The maximum Gasteiger partial charge on any atom is 0.0636 e. The normalized spacial score (nSPS) is 34.4. The molecule has 0 saturated heterocycles. The van der Waals surface area contributed by atoms with Crippen LogP contribution in [0, 0.1) is 22.7 Å². The first-order chi connectivity index (χ1) is 7.89. The fourth-order valence-electron chi connectivity index (χ4n) is 3.58. The van der Waals surface area contributed by atoms with Crippen molar-refractivity contribution in [3.05, 3.63) is 0 Å². The van der Waals surface area contributed by atoms with E-state index in [1.165, 1.54) is 25.7 Å². The molecule has 0 aromatic rings. The van der Waals surface area contributed by atoms with Crippen LogP contribution < -0.4 is 5.73 Å². The third kappa shape index (κ3) is 2.68. The smallest absolute Gasteiger partial charge is 0.0636 e. The van der Waals surface area contributed by atoms with Gasteiger partial charge in [0.1, 0.15) is 0 Å². The lowest BCUT2D eigenvalue weighted by atomic mass is 9.67. The van der Waals surface area contributed by atoms with Gasteiger partial charge in [-0.05, 0) is 55.8 Å². The van der Waals surface area contributed by atoms with E-state index in [1.54, 1.807) is 0 Å². The van der Waals surface area contributed by atoms with Gasteiger partial charge in [-0.25, -0.2) is 0 Å². The molecular formula is C15H29NO. The van der Waals surface area contributed by atoms with Crippen molar-refractivity contribution in [2.24, 2.45) is 28.4 Å². The van der Waals surface area contributed by atoms with E-state index in [-0.39, 0.29) is 11.5 Å². The maximum atomic E-state index is 10.5. The number of hydrogen-bond donors (Lipinski definition) is 2. The number of rotatable bonds is 3. The lowest BCUT2D eigenvalue weighted by Gasteiger charge is -2.40. The fraction of sp³-hybridized carbons (Fsp3) is 1.00. The Kier molecular flexibility index (Phi) is 3.57. The van der Waals surface area contributed by atoms with E-state index in [1.807, 2.05) is 0 Å². The van der Waals surface area contributed by atoms with Gasteiger partial charge in [0, 0.05) is 12.0 Å². The Labute approximate surface area is 106 Å². The summed E-state index contributed by atoms with van der Waals surface area (Å²) in [5, 5.41) is 10.5. The van der Waals surface area contributed by atoms with Gasteiger partial charge in [0.15, 0.2) is 0 Å². The van der Waals surface area contributed by atoms with Crippen LogP contribution in [-0.4, -0.2) is 17.8 Å². The molecule has 0 aromatic heterocycles. The van der Waals surface area contributed by atoms with Crippen LogP contribution in [0.1, 0.15) is 59.3 Å². The van der Waals surface area contributed by atoms with Crippen molar-refractivity contribution in [1.82, 2.24) is 0 Å². The van der Waals surface area contributed by atoms with Crippen molar-refractivity contribution in [3.8, 4) is 0 Å². The highest BCUT2D eigenvalue weighted by Gasteiger charge is 2.50. The molecule has 2 fully saturated rings. The summed E-state index contributed by atoms with van der Waals surface area (Å²) in [6, 6.07) is 0. The molecule has 0 amide bonds. The predicted octanol–water partition coefficient (Wildman–Crippen LogP) is 2.94. The summed E-state index contributed by atoms with van der Waals surface area (Å²) in [5.74, 6) is 1.35. The van der Waals surface area contributed by atoms with E-state index in [0.717, 1.165) is 18.8 Å². The minimum Gasteiger partial charge on any atom is -0.392 e. The second kappa shape index (κ2) is 4.55. The summed E-state index contributed by atoms with van der Waals surface area (Å²) in [5.41, 5.74) is 6.35. The fourth-order valence-corrected chi connectivity index (χ4v) is 3.58. The number of aliphatic hydroxyl groups is 1. The zero-order valence-electron chi connectivity index (χ0n) is 11.7. The SMILES string of the molecule is CC(C)(C)C1CCC(C(O)C2(CN)CC2)CC1. The van der Waals surface area contributed by atoms with E-state index in [4.69, 9.17) is 5.73 Å². The highest BCUT2D eigenvalue weighted by molar-refractivity contribution is 5.02. The molecular weight excluding hydrogens is 210 g/mol. The van der Waals surface area contributed by atoms with Gasteiger partial charge in [0.2, 0.25) is 0 Å². The molecule has 17 heavy (non-hydrogen) atoms. The highest BCUT2D eigenvalue weighted by Crippen LogP contribution is 2.52. The van der Waals surface area contributed by atoms with Crippen molar-refractivity contribution >= 4 is 0 Å². The van der Waals surface area contributed by atoms with Gasteiger partial charge in [0.05, 0.1) is 6.10 Å². The minimum absolute atomic E-state index is 0.110. The van der Waals surface area contributed by atoms with Gasteiger partial charge in [-0.3, -0.25) is 0 Å². The molecule has 2 nitrogen and oxygen atoms in total. The molecule has 0 radical (unpaired) electrons. The molecule has 2 aliphatic carbocycles. The Morgan fingerprint density at radius 2 is 1.71 bits per heavy atom. The highest BCUT2D eigenvalue weighted by atomic mass is 16.3. The summed E-state index contributed by atoms with van der Waals surface area (Å²) in [6.45, 7) is 7.71. The van der Waals surface area contributed by atoms with Crippen LogP contribution >= 0.6 is 0 Å². The quantitative estimate of drug-likeness (QED) is 0.795. The van der Waals surface area contributed by atoms with Crippen molar-refractivity contribution in [3.63, 3.8) is 0 Å². The van der Waals surface area contributed by atoms with Gasteiger partial charge >= 0.3 is 0 Å². The first kappa shape index (κ1) is 13.4. The summed E-state index contributed by atoms with van der Waals surface area (Å²) in [7, 11) is 0. The van der Waals surface area contributed by atoms with Crippen LogP contribution in [0.5, 0.6) is 0 Å². The molecule has 1 unspecified atom stereocenters. The lowest BCUT2D eigenvalue weighted by Crippen LogP contribution is -2.38. The van der Waals surface area contributed by atoms with Crippen LogP contribution in [0.2, 0.25) is 0 Å². The van der Waals surface area contributed by atoms with Crippen molar-refractivity contribution in [1.29, 1.82) is 0 Å². The molecule has 3 N–H and O–H groups in total. The minimum atomic E-state index is -0.131. The van der Waals surface area contributed by atoms with E-state index >= 15 is 0 Å². The topological polar surface area (TPSA) is 46.2 Å². The predicted molar refractivity (Wildman–Crippen MR) is 71.6 cm³/mol. The molecule has 2 heteroatoms. The van der Waals surface area contributed by atoms with Crippen molar-refractivity contribution in [2.75, 3.05) is 6.54 Å². The monoisotopic (exact) mass is 239 g/mol. The summed E-state index contributed by atoms with van der Waals surface area (Å²) in [4.78, 5) is 0. The summed E-state index contributed by atoms with van der Waals surface area (Å²) >= 11 is 0. The second-order valence-corrected chi connectivity index (χ2v) is 7.49. The Morgan fingerprint density at radius 1 is 1.18 bits per heavy atom. The molecule has 100 valence electrons. The summed E-state index contributed by atoms with van der Waals surface area (Å²) < 4.78 is 0. The largest absolute Gasteiger partial charge is 0.392 e. The van der Waals surface area contributed by atoms with Crippen LogP contribution in [0.25, 0.3) is 0 Å². The first-order valence-corrected chi connectivity index (χ1v) is 7.27. The van der Waals surface area contributed by atoms with Crippen molar-refractivity contribution in [2.45, 2.75) is 65.4 Å². The van der Waals surface area contributed by atoms with Crippen LogP contribution in [-0.2, 0) is 0 Å². The van der Waals surface area contributed by atoms with E-state index in [9.17, 15) is 5.11 Å². The Bertz CT molecular complexity index is 257. The van der Waals surface area contributed by atoms with E-state index in [2.05, 4.69) is 20.8 Å². The standard InChI is InChI=1S/C15H29NO/c1-14(2,3)12-6-4-11(5-7-12)13(17)15(10-16)8-9-15/h11-13,17H,4-10,16H2,1-3H3. The molecule has 0 spiro atoms. The van der Waals surface area contributed by atoms with Gasteiger partial charge in [0.25, 0.3) is 0 Å². The second-order valence-electron chi connectivity index (χ2n) is 7.49. The maximum absolute atomic E-state index is 10.5. The van der Waals surface area contributed by atoms with Crippen LogP contribution in [0.15, 0.2) is 0 Å². The van der Waals surface area contributed by atoms with E-state index < -0.39 is 0 Å². The number of aliphatic hydroxyl groups excluding tert-OH is 1. The molecule has 0 aromatic carbocycles. The lowest BCUT2D eigenvalue weighted by molar-refractivity contribution is 0.00687. The van der Waals surface area contributed by atoms with Crippen LogP contribution in [0.3, 0.4) is 0 Å². The average molecular weight is 239 g/mol. The summed E-state index contributed by atoms with van der Waals surface area (Å²) in [6.07, 6.45) is 7.12. The molecule has 0 heterocycles. The third-order valence-electron chi connectivity index (χ3n) is 5.37. The third-order valence-corrected chi connectivity index (χ3v) is 5.37. The first-order valence-electron chi connectivity index (χ1n) is 7.27. The van der Waals surface area contributed by atoms with Crippen molar-refractivity contribution < 1.29 is 5.11 Å². The molecule has 0 aliphatic heterocycles. The Balaban J connectivity index is 1.87.